The Labute approximate surface area is 127 Å². The zero-order valence-corrected chi connectivity index (χ0v) is 13.3. The molecule has 0 amide bonds. The Kier molecular flexibility index (Phi) is 6.01. The van der Waals surface area contributed by atoms with E-state index in [1.807, 2.05) is 0 Å². The van der Waals surface area contributed by atoms with E-state index in [4.69, 9.17) is 5.11 Å². The Morgan fingerprint density at radius 2 is 1.86 bits per heavy atom. The second-order valence-corrected chi connectivity index (χ2v) is 7.98. The molecule has 1 aliphatic heterocycles. The van der Waals surface area contributed by atoms with E-state index < -0.39 is 22.1 Å². The summed E-state index contributed by atoms with van der Waals surface area (Å²) in [5.74, 6) is -0.847. The van der Waals surface area contributed by atoms with Crippen molar-refractivity contribution in [3.05, 3.63) is 0 Å². The van der Waals surface area contributed by atoms with E-state index >= 15 is 0 Å². The molecule has 122 valence electrons. The molecule has 0 aromatic heterocycles. The average molecular weight is 318 g/mol. The molecular formula is C14H26N2O4S. The molecule has 1 saturated carbocycles. The number of carboxylic acid groups (broad SMARTS) is 1. The van der Waals surface area contributed by atoms with Crippen LogP contribution < -0.4 is 4.72 Å². The lowest BCUT2D eigenvalue weighted by atomic mass is 9.87. The van der Waals surface area contributed by atoms with Gasteiger partial charge in [0.2, 0.25) is 0 Å². The number of hydrogen-bond donors (Lipinski definition) is 2. The highest BCUT2D eigenvalue weighted by atomic mass is 32.2. The summed E-state index contributed by atoms with van der Waals surface area (Å²) in [4.78, 5) is 11.0. The normalized spacial score (nSPS) is 25.8. The Morgan fingerprint density at radius 1 is 1.14 bits per heavy atom. The fraction of sp³-hybridized carbons (Fsp3) is 0.929. The molecule has 1 heterocycles. The van der Waals surface area contributed by atoms with Gasteiger partial charge in [0.05, 0.1) is 5.92 Å². The lowest BCUT2D eigenvalue weighted by Crippen LogP contribution is -2.47. The van der Waals surface area contributed by atoms with Gasteiger partial charge in [0.1, 0.15) is 0 Å². The molecule has 21 heavy (non-hydrogen) atoms. The van der Waals surface area contributed by atoms with Crippen molar-refractivity contribution in [1.82, 2.24) is 9.03 Å². The van der Waals surface area contributed by atoms with Crippen molar-refractivity contribution in [3.8, 4) is 0 Å². The minimum Gasteiger partial charge on any atom is -0.481 e. The lowest BCUT2D eigenvalue weighted by Gasteiger charge is -2.30. The largest absolute Gasteiger partial charge is 0.481 e. The van der Waals surface area contributed by atoms with Crippen molar-refractivity contribution in [2.24, 2.45) is 11.8 Å². The molecule has 2 fully saturated rings. The number of nitrogens with one attached hydrogen (secondary N) is 1. The quantitative estimate of drug-likeness (QED) is 0.778. The minimum atomic E-state index is -3.53. The third-order valence-corrected chi connectivity index (χ3v) is 6.22. The van der Waals surface area contributed by atoms with Crippen molar-refractivity contribution in [1.29, 1.82) is 0 Å². The highest BCUT2D eigenvalue weighted by Crippen LogP contribution is 2.26. The SMILES string of the molecule is O=C(O)C1CCCN(S(=O)(=O)NCCC2CCCCC2)C1. The smallest absolute Gasteiger partial charge is 0.307 e. The second kappa shape index (κ2) is 7.56. The first-order chi connectivity index (χ1) is 9.99. The molecule has 1 atom stereocenters. The summed E-state index contributed by atoms with van der Waals surface area (Å²) < 4.78 is 28.4. The van der Waals surface area contributed by atoms with E-state index in [9.17, 15) is 13.2 Å². The number of aliphatic carboxylic acids is 1. The molecule has 0 spiro atoms. The Morgan fingerprint density at radius 3 is 2.52 bits per heavy atom. The lowest BCUT2D eigenvalue weighted by molar-refractivity contribution is -0.142. The van der Waals surface area contributed by atoms with Crippen molar-refractivity contribution in [3.63, 3.8) is 0 Å². The van der Waals surface area contributed by atoms with E-state index in [1.54, 1.807) is 0 Å². The molecule has 1 unspecified atom stereocenters. The maximum atomic E-state index is 12.2. The number of rotatable bonds is 6. The molecular weight excluding hydrogens is 292 g/mol. The summed E-state index contributed by atoms with van der Waals surface area (Å²) >= 11 is 0. The maximum absolute atomic E-state index is 12.2. The first kappa shape index (κ1) is 16.7. The third kappa shape index (κ3) is 4.93. The summed E-state index contributed by atoms with van der Waals surface area (Å²) in [7, 11) is -3.53. The fourth-order valence-corrected chi connectivity index (χ4v) is 4.63. The zero-order chi connectivity index (χ0) is 15.3. The summed E-state index contributed by atoms with van der Waals surface area (Å²) in [5.41, 5.74) is 0. The number of hydrogen-bond acceptors (Lipinski definition) is 3. The van der Waals surface area contributed by atoms with Gasteiger partial charge in [-0.1, -0.05) is 32.1 Å². The number of piperidine rings is 1. The van der Waals surface area contributed by atoms with E-state index in [-0.39, 0.29) is 6.54 Å². The second-order valence-electron chi connectivity index (χ2n) is 6.23. The van der Waals surface area contributed by atoms with Crippen LogP contribution in [0.25, 0.3) is 0 Å². The Hall–Kier alpha value is -0.660. The van der Waals surface area contributed by atoms with E-state index in [1.165, 1.54) is 36.4 Å². The summed E-state index contributed by atoms with van der Waals surface area (Å²) in [5, 5.41) is 9.03. The van der Waals surface area contributed by atoms with E-state index in [2.05, 4.69) is 4.72 Å². The number of carboxylic acids is 1. The molecule has 0 bridgehead atoms. The Balaban J connectivity index is 1.79. The standard InChI is InChI=1S/C14H26N2O4S/c17-14(18)13-7-4-10-16(11-13)21(19,20)15-9-8-12-5-2-1-3-6-12/h12-13,15H,1-11H2,(H,17,18). The van der Waals surface area contributed by atoms with Gasteiger partial charge < -0.3 is 5.11 Å². The molecule has 6 nitrogen and oxygen atoms in total. The van der Waals surface area contributed by atoms with Gasteiger partial charge in [-0.3, -0.25) is 4.79 Å². The maximum Gasteiger partial charge on any atom is 0.307 e. The van der Waals surface area contributed by atoms with Gasteiger partial charge in [-0.2, -0.15) is 12.7 Å². The van der Waals surface area contributed by atoms with Crippen molar-refractivity contribution < 1.29 is 18.3 Å². The van der Waals surface area contributed by atoms with Crippen molar-refractivity contribution in [2.45, 2.75) is 51.4 Å². The fourth-order valence-electron chi connectivity index (χ4n) is 3.32. The first-order valence-electron chi connectivity index (χ1n) is 7.96. The van der Waals surface area contributed by atoms with Gasteiger partial charge >= 0.3 is 5.97 Å². The minimum absolute atomic E-state index is 0.0914. The molecule has 0 radical (unpaired) electrons. The summed E-state index contributed by atoms with van der Waals surface area (Å²) in [6, 6.07) is 0. The molecule has 7 heteroatoms. The van der Waals surface area contributed by atoms with E-state index in [0.717, 1.165) is 6.42 Å². The first-order valence-corrected chi connectivity index (χ1v) is 9.40. The topological polar surface area (TPSA) is 86.7 Å². The highest BCUT2D eigenvalue weighted by molar-refractivity contribution is 7.87. The van der Waals surface area contributed by atoms with Crippen LogP contribution in [0, 0.1) is 11.8 Å². The third-order valence-electron chi connectivity index (χ3n) is 4.64. The van der Waals surface area contributed by atoms with Crippen molar-refractivity contribution >= 4 is 16.2 Å². The van der Waals surface area contributed by atoms with Crippen LogP contribution in [-0.2, 0) is 15.0 Å². The van der Waals surface area contributed by atoms with Gasteiger partial charge in [-0.15, -0.1) is 0 Å². The summed E-state index contributed by atoms with van der Waals surface area (Å²) in [6.45, 7) is 0.970. The molecule has 0 aromatic rings. The molecule has 1 saturated heterocycles. The van der Waals surface area contributed by atoms with Crippen molar-refractivity contribution in [2.75, 3.05) is 19.6 Å². The molecule has 2 aliphatic rings. The van der Waals surface area contributed by atoms with Crippen LogP contribution in [-0.4, -0.2) is 43.4 Å². The van der Waals surface area contributed by atoms with Crippen LogP contribution in [0.4, 0.5) is 0 Å². The average Bonchev–Trinajstić information content (AvgIpc) is 2.48. The molecule has 0 aromatic carbocycles. The highest BCUT2D eigenvalue weighted by Gasteiger charge is 2.32. The van der Waals surface area contributed by atoms with Crippen LogP contribution in [0.3, 0.4) is 0 Å². The van der Waals surface area contributed by atoms with Gasteiger partial charge in [-0.25, -0.2) is 4.72 Å². The van der Waals surface area contributed by atoms with Gasteiger partial charge in [0, 0.05) is 19.6 Å². The van der Waals surface area contributed by atoms with Crippen LogP contribution in [0.2, 0.25) is 0 Å². The Bertz CT molecular complexity index is 446. The van der Waals surface area contributed by atoms with Gasteiger partial charge in [-0.05, 0) is 25.2 Å². The van der Waals surface area contributed by atoms with Gasteiger partial charge in [0.15, 0.2) is 0 Å². The predicted octanol–water partition coefficient (Wildman–Crippen LogP) is 1.59. The number of nitrogens with zero attached hydrogens (tertiary/aromatic N) is 1. The molecule has 2 rings (SSSR count). The summed E-state index contributed by atoms with van der Waals surface area (Å²) in [6.07, 6.45) is 8.26. The van der Waals surface area contributed by atoms with Gasteiger partial charge in [0.25, 0.3) is 10.2 Å². The molecule has 2 N–H and O–H groups in total. The zero-order valence-electron chi connectivity index (χ0n) is 12.5. The van der Waals surface area contributed by atoms with Crippen LogP contribution in [0.15, 0.2) is 0 Å². The monoisotopic (exact) mass is 318 g/mol. The predicted molar refractivity (Wildman–Crippen MR) is 80.0 cm³/mol. The van der Waals surface area contributed by atoms with Crippen LogP contribution >= 0.6 is 0 Å². The van der Waals surface area contributed by atoms with Crippen LogP contribution in [0.1, 0.15) is 51.4 Å². The molecule has 1 aliphatic carbocycles. The number of carbonyl (C=O) groups is 1. The van der Waals surface area contributed by atoms with Crippen LogP contribution in [0.5, 0.6) is 0 Å². The van der Waals surface area contributed by atoms with E-state index in [0.29, 0.717) is 31.8 Å².